The zero-order chi connectivity index (χ0) is 51.0. The van der Waals surface area contributed by atoms with E-state index in [-0.39, 0.29) is 19.4 Å². The van der Waals surface area contributed by atoms with Crippen molar-refractivity contribution in [2.24, 2.45) is 0 Å². The normalized spacial score (nSPS) is 26.0. The molecule has 7 N–H and O–H groups in total. The molecule has 2 fully saturated rings. The standard InChI is InChI=1S/C55H92O15/c1-3-5-7-9-11-13-15-17-18-19-20-21-22-23-24-26-27-29-31-33-35-37-46(57)65-40-43(68-47(58)38-36-34-32-30-28-25-16-14-12-10-8-6-4-2)41-66-54-53(64)51(62)49(60)45(70-54)42-67-55-52(63)50(61)48(59)44(39-56)69-55/h6,8,12,14-15,17,19-20,25,28,32,34,43-45,48-56,59-64H,3-5,7,9-11,13,16,18,21-24,26-27,29-31,33,35-42H2,1-2H3/b8-6-,14-12-,17-15-,20-19-,28-25-,34-32-. The van der Waals surface area contributed by atoms with Gasteiger partial charge in [-0.3, -0.25) is 9.59 Å². The SMILES string of the molecule is CC/C=C\C/C=C\C/C=C\C/C=C\CCC(=O)OC(COC(=O)CCCCCCCCCCC/C=C\C/C=C\CCCCCCC)COC1OC(COC2OC(CO)C(O)C(O)C2O)C(O)C(O)C1O. The maximum Gasteiger partial charge on any atom is 0.306 e. The van der Waals surface area contributed by atoms with Gasteiger partial charge in [0.25, 0.3) is 0 Å². The number of unbranched alkanes of at least 4 members (excludes halogenated alkanes) is 14. The van der Waals surface area contributed by atoms with E-state index in [0.29, 0.717) is 19.3 Å². The predicted molar refractivity (Wildman–Crippen MR) is 270 cm³/mol. The lowest BCUT2D eigenvalue weighted by Gasteiger charge is -2.42. The lowest BCUT2D eigenvalue weighted by molar-refractivity contribution is -0.332. The van der Waals surface area contributed by atoms with Crippen molar-refractivity contribution in [1.82, 2.24) is 0 Å². The highest BCUT2D eigenvalue weighted by molar-refractivity contribution is 5.70. The van der Waals surface area contributed by atoms with Crippen molar-refractivity contribution >= 4 is 11.9 Å². The lowest BCUT2D eigenvalue weighted by atomic mass is 9.98. The van der Waals surface area contributed by atoms with Crippen LogP contribution in [0.25, 0.3) is 0 Å². The highest BCUT2D eigenvalue weighted by Crippen LogP contribution is 2.26. The van der Waals surface area contributed by atoms with E-state index in [1.807, 2.05) is 18.2 Å². The molecule has 2 aliphatic heterocycles. The van der Waals surface area contributed by atoms with Crippen LogP contribution in [-0.2, 0) is 38.0 Å². The molecule has 15 heteroatoms. The van der Waals surface area contributed by atoms with E-state index in [9.17, 15) is 45.3 Å². The summed E-state index contributed by atoms with van der Waals surface area (Å²) in [6.45, 7) is 2.37. The average Bonchev–Trinajstić information content (AvgIpc) is 3.35. The van der Waals surface area contributed by atoms with E-state index in [2.05, 4.69) is 68.5 Å². The fourth-order valence-electron chi connectivity index (χ4n) is 7.85. The number of esters is 2. The number of aliphatic hydroxyl groups excluding tert-OH is 7. The third-order valence-corrected chi connectivity index (χ3v) is 12.2. The number of hydrogen-bond acceptors (Lipinski definition) is 15. The molecular formula is C55H92O15. The third-order valence-electron chi connectivity index (χ3n) is 12.2. The Morgan fingerprint density at radius 1 is 0.471 bits per heavy atom. The number of carbonyl (C=O) groups excluding carboxylic acids is 2. The molecule has 11 atom stereocenters. The van der Waals surface area contributed by atoms with E-state index in [4.69, 9.17) is 28.4 Å². The molecule has 70 heavy (non-hydrogen) atoms. The summed E-state index contributed by atoms with van der Waals surface area (Å²) in [5.41, 5.74) is 0. The second-order valence-corrected chi connectivity index (χ2v) is 18.3. The molecule has 402 valence electrons. The van der Waals surface area contributed by atoms with Crippen LogP contribution in [0.15, 0.2) is 72.9 Å². The Labute approximate surface area is 419 Å². The number of carbonyl (C=O) groups is 2. The Kier molecular flexibility index (Phi) is 37.3. The van der Waals surface area contributed by atoms with Crippen LogP contribution in [-0.4, -0.2) is 142 Å². The zero-order valence-electron chi connectivity index (χ0n) is 42.5. The Hall–Kier alpha value is -3.06. The van der Waals surface area contributed by atoms with Gasteiger partial charge in [0.05, 0.1) is 19.8 Å². The maximum atomic E-state index is 13.0. The summed E-state index contributed by atoms with van der Waals surface area (Å²) in [5, 5.41) is 72.1. The van der Waals surface area contributed by atoms with Crippen LogP contribution >= 0.6 is 0 Å². The van der Waals surface area contributed by atoms with Gasteiger partial charge in [-0.25, -0.2) is 0 Å². The molecule has 0 radical (unpaired) electrons. The van der Waals surface area contributed by atoms with E-state index < -0.39 is 99.3 Å². The van der Waals surface area contributed by atoms with Gasteiger partial charge >= 0.3 is 11.9 Å². The van der Waals surface area contributed by atoms with Crippen molar-refractivity contribution in [2.45, 2.75) is 235 Å². The topological polar surface area (TPSA) is 231 Å². The molecule has 2 rings (SSSR count). The van der Waals surface area contributed by atoms with Crippen molar-refractivity contribution in [3.63, 3.8) is 0 Å². The molecule has 0 amide bonds. The van der Waals surface area contributed by atoms with Crippen LogP contribution in [0.2, 0.25) is 0 Å². The molecule has 2 aliphatic rings. The van der Waals surface area contributed by atoms with Gasteiger partial charge < -0.3 is 64.2 Å². The fraction of sp³-hybridized carbons (Fsp3) is 0.745. The van der Waals surface area contributed by atoms with Gasteiger partial charge in [0.2, 0.25) is 0 Å². The minimum Gasteiger partial charge on any atom is -0.462 e. The van der Waals surface area contributed by atoms with Crippen molar-refractivity contribution < 1.29 is 73.8 Å². The minimum absolute atomic E-state index is 0.0400. The van der Waals surface area contributed by atoms with Crippen molar-refractivity contribution in [3.8, 4) is 0 Å². The molecule has 0 spiro atoms. The summed E-state index contributed by atoms with van der Waals surface area (Å²) in [6.07, 6.45) is 32.4. The van der Waals surface area contributed by atoms with Gasteiger partial charge in [0.15, 0.2) is 18.7 Å². The first-order valence-electron chi connectivity index (χ1n) is 26.5. The molecule has 0 aliphatic carbocycles. The summed E-state index contributed by atoms with van der Waals surface area (Å²) in [5.74, 6) is -1.03. The van der Waals surface area contributed by atoms with E-state index in [0.717, 1.165) is 51.4 Å². The molecule has 0 aromatic carbocycles. The molecule has 0 bridgehead atoms. The summed E-state index contributed by atoms with van der Waals surface area (Å²) in [6, 6.07) is 0. The lowest BCUT2D eigenvalue weighted by Crippen LogP contribution is -2.61. The summed E-state index contributed by atoms with van der Waals surface area (Å²) in [7, 11) is 0. The quantitative estimate of drug-likeness (QED) is 0.0176. The zero-order valence-corrected chi connectivity index (χ0v) is 42.5. The highest BCUT2D eigenvalue weighted by atomic mass is 16.7. The Morgan fingerprint density at radius 3 is 1.47 bits per heavy atom. The van der Waals surface area contributed by atoms with Crippen molar-refractivity contribution in [2.75, 3.05) is 26.4 Å². The molecule has 11 unspecified atom stereocenters. The smallest absolute Gasteiger partial charge is 0.306 e. The van der Waals surface area contributed by atoms with Crippen LogP contribution < -0.4 is 0 Å². The molecule has 2 heterocycles. The number of aliphatic hydroxyl groups is 7. The molecule has 0 saturated carbocycles. The van der Waals surface area contributed by atoms with Gasteiger partial charge in [-0.15, -0.1) is 0 Å². The Balaban J connectivity index is 1.79. The van der Waals surface area contributed by atoms with Crippen molar-refractivity contribution in [3.05, 3.63) is 72.9 Å². The van der Waals surface area contributed by atoms with E-state index in [1.54, 1.807) is 0 Å². The van der Waals surface area contributed by atoms with Crippen LogP contribution in [0, 0.1) is 0 Å². The Bertz CT molecular complexity index is 1490. The third kappa shape index (κ3) is 28.8. The number of hydrogen-bond donors (Lipinski definition) is 7. The van der Waals surface area contributed by atoms with Gasteiger partial charge in [-0.05, 0) is 70.6 Å². The number of ether oxygens (including phenoxy) is 6. The van der Waals surface area contributed by atoms with Crippen LogP contribution in [0.3, 0.4) is 0 Å². The first kappa shape index (κ1) is 63.1. The number of allylic oxidation sites excluding steroid dienone is 12. The van der Waals surface area contributed by atoms with Crippen molar-refractivity contribution in [1.29, 1.82) is 0 Å². The van der Waals surface area contributed by atoms with Gasteiger partial charge in [0.1, 0.15) is 55.4 Å². The first-order valence-corrected chi connectivity index (χ1v) is 26.5. The van der Waals surface area contributed by atoms with Crippen LogP contribution in [0.1, 0.15) is 168 Å². The monoisotopic (exact) mass is 993 g/mol. The summed E-state index contributed by atoms with van der Waals surface area (Å²) < 4.78 is 33.5. The molecule has 15 nitrogen and oxygen atoms in total. The predicted octanol–water partition coefficient (Wildman–Crippen LogP) is 7.82. The largest absolute Gasteiger partial charge is 0.462 e. The van der Waals surface area contributed by atoms with Gasteiger partial charge in [-0.1, -0.05) is 157 Å². The van der Waals surface area contributed by atoms with Gasteiger partial charge in [0, 0.05) is 12.8 Å². The fourth-order valence-corrected chi connectivity index (χ4v) is 7.85. The van der Waals surface area contributed by atoms with Gasteiger partial charge in [-0.2, -0.15) is 0 Å². The molecule has 0 aromatic rings. The average molecular weight is 993 g/mol. The Morgan fingerprint density at radius 2 is 0.929 bits per heavy atom. The second-order valence-electron chi connectivity index (χ2n) is 18.3. The minimum atomic E-state index is -1.78. The highest BCUT2D eigenvalue weighted by Gasteiger charge is 2.47. The summed E-state index contributed by atoms with van der Waals surface area (Å²) >= 11 is 0. The van der Waals surface area contributed by atoms with E-state index >= 15 is 0 Å². The molecular weight excluding hydrogens is 901 g/mol. The molecule has 2 saturated heterocycles. The summed E-state index contributed by atoms with van der Waals surface area (Å²) in [4.78, 5) is 25.7. The van der Waals surface area contributed by atoms with E-state index in [1.165, 1.54) is 70.6 Å². The maximum absolute atomic E-state index is 13.0. The number of rotatable bonds is 40. The first-order chi connectivity index (χ1) is 34.0. The van der Waals surface area contributed by atoms with Crippen LogP contribution in [0.5, 0.6) is 0 Å². The second kappa shape index (κ2) is 41.4. The molecule has 0 aromatic heterocycles. The van der Waals surface area contributed by atoms with Crippen LogP contribution in [0.4, 0.5) is 0 Å².